The number of benzene rings is 2. The fourth-order valence-electron chi connectivity index (χ4n) is 3.59. The van der Waals surface area contributed by atoms with E-state index in [9.17, 15) is 9.59 Å². The fraction of sp³-hybridized carbons (Fsp3) is 0.364. The monoisotopic (exact) mass is 351 g/mol. The number of ketones is 1. The van der Waals surface area contributed by atoms with E-state index < -0.39 is 5.41 Å². The second-order valence-electron chi connectivity index (χ2n) is 6.76. The molecule has 2 aromatic carbocycles. The molecule has 0 aliphatic carbocycles. The van der Waals surface area contributed by atoms with E-state index in [1.807, 2.05) is 36.4 Å². The Balaban J connectivity index is 1.76. The van der Waals surface area contributed by atoms with Gasteiger partial charge >= 0.3 is 5.97 Å². The van der Waals surface area contributed by atoms with Gasteiger partial charge in [-0.2, -0.15) is 0 Å². The summed E-state index contributed by atoms with van der Waals surface area (Å²) in [7, 11) is 0. The minimum atomic E-state index is -1.06. The van der Waals surface area contributed by atoms with Crippen LogP contribution in [0.15, 0.2) is 60.7 Å². The van der Waals surface area contributed by atoms with Crippen molar-refractivity contribution in [3.8, 4) is 0 Å². The summed E-state index contributed by atoms with van der Waals surface area (Å²) in [6.07, 6.45) is 0.985. The molecule has 0 saturated carbocycles. The summed E-state index contributed by atoms with van der Waals surface area (Å²) in [5.41, 5.74) is 0.757. The molecule has 0 bridgehead atoms. The summed E-state index contributed by atoms with van der Waals surface area (Å²) in [6, 6.07) is 19.3. The van der Waals surface area contributed by atoms with Gasteiger partial charge in [0.25, 0.3) is 0 Å². The highest BCUT2D eigenvalue weighted by Crippen LogP contribution is 2.37. The Kier molecular flexibility index (Phi) is 5.84. The molecule has 2 aromatic rings. The van der Waals surface area contributed by atoms with Gasteiger partial charge in [0.1, 0.15) is 5.41 Å². The van der Waals surface area contributed by atoms with E-state index >= 15 is 0 Å². The third kappa shape index (κ3) is 3.86. The topological polar surface area (TPSA) is 46.6 Å². The van der Waals surface area contributed by atoms with E-state index in [1.165, 1.54) is 5.56 Å². The molecule has 136 valence electrons. The minimum absolute atomic E-state index is 0.115. The molecular formula is C22H25NO3. The van der Waals surface area contributed by atoms with E-state index in [0.717, 1.165) is 6.54 Å². The number of esters is 1. The summed E-state index contributed by atoms with van der Waals surface area (Å²) >= 11 is 0. The summed E-state index contributed by atoms with van der Waals surface area (Å²) < 4.78 is 5.30. The summed E-state index contributed by atoms with van der Waals surface area (Å²) in [5, 5.41) is 0. The first-order valence-electron chi connectivity index (χ1n) is 9.19. The molecule has 0 amide bonds. The second-order valence-corrected chi connectivity index (χ2v) is 6.76. The zero-order valence-corrected chi connectivity index (χ0v) is 15.2. The lowest BCUT2D eigenvalue weighted by Gasteiger charge is -2.38. The lowest BCUT2D eigenvalue weighted by Crippen LogP contribution is -2.49. The van der Waals surface area contributed by atoms with Crippen LogP contribution in [0.25, 0.3) is 0 Å². The van der Waals surface area contributed by atoms with Gasteiger partial charge in [-0.3, -0.25) is 14.5 Å². The Morgan fingerprint density at radius 2 is 1.54 bits per heavy atom. The van der Waals surface area contributed by atoms with Crippen LogP contribution in [-0.4, -0.2) is 36.3 Å². The highest BCUT2D eigenvalue weighted by atomic mass is 16.5. The Bertz CT molecular complexity index is 734. The molecule has 0 aromatic heterocycles. The number of hydrogen-bond acceptors (Lipinski definition) is 4. The molecule has 1 saturated heterocycles. The number of likely N-dealkylation sites (tertiary alicyclic amines) is 1. The molecule has 4 nitrogen and oxygen atoms in total. The zero-order chi connectivity index (χ0) is 18.4. The number of rotatable bonds is 6. The SMILES string of the molecule is CCOC(=O)C1(C(=O)c2ccccc2)CCN(Cc2ccccc2)CC1. The minimum Gasteiger partial charge on any atom is -0.465 e. The van der Waals surface area contributed by atoms with Crippen LogP contribution < -0.4 is 0 Å². The molecule has 0 N–H and O–H groups in total. The average molecular weight is 351 g/mol. The Labute approximate surface area is 154 Å². The van der Waals surface area contributed by atoms with Gasteiger partial charge in [0.15, 0.2) is 5.78 Å². The van der Waals surface area contributed by atoms with Crippen LogP contribution in [0.4, 0.5) is 0 Å². The maximum Gasteiger partial charge on any atom is 0.320 e. The molecule has 1 aliphatic heterocycles. The van der Waals surface area contributed by atoms with Gasteiger partial charge in [0, 0.05) is 25.2 Å². The molecule has 1 heterocycles. The maximum atomic E-state index is 13.2. The van der Waals surface area contributed by atoms with Crippen molar-refractivity contribution in [2.45, 2.75) is 26.3 Å². The number of Topliss-reactive ketones (excluding diaryl/α,β-unsaturated/α-hetero) is 1. The Morgan fingerprint density at radius 1 is 0.962 bits per heavy atom. The van der Waals surface area contributed by atoms with Crippen LogP contribution in [0.3, 0.4) is 0 Å². The van der Waals surface area contributed by atoms with E-state index in [4.69, 9.17) is 4.74 Å². The van der Waals surface area contributed by atoms with Crippen LogP contribution in [0, 0.1) is 5.41 Å². The van der Waals surface area contributed by atoms with Crippen LogP contribution in [-0.2, 0) is 16.1 Å². The third-order valence-electron chi connectivity index (χ3n) is 5.10. The van der Waals surface area contributed by atoms with Crippen LogP contribution in [0.5, 0.6) is 0 Å². The van der Waals surface area contributed by atoms with Crippen molar-refractivity contribution in [2.75, 3.05) is 19.7 Å². The lowest BCUT2D eigenvalue weighted by atomic mass is 9.72. The van der Waals surface area contributed by atoms with Gasteiger partial charge in [-0.05, 0) is 25.3 Å². The summed E-state index contributed by atoms with van der Waals surface area (Å²) in [4.78, 5) is 28.2. The first-order chi connectivity index (χ1) is 12.7. The molecule has 0 spiro atoms. The summed E-state index contributed by atoms with van der Waals surface area (Å²) in [5.74, 6) is -0.496. The van der Waals surface area contributed by atoms with E-state index in [1.54, 1.807) is 19.1 Å². The van der Waals surface area contributed by atoms with E-state index in [-0.39, 0.29) is 18.4 Å². The zero-order valence-electron chi connectivity index (χ0n) is 15.2. The van der Waals surface area contributed by atoms with Crippen LogP contribution in [0.1, 0.15) is 35.7 Å². The standard InChI is InChI=1S/C22H25NO3/c1-2-26-21(25)22(20(24)19-11-7-4-8-12-19)13-15-23(16-14-22)17-18-9-5-3-6-10-18/h3-12H,2,13-17H2,1H3. The number of nitrogens with zero attached hydrogens (tertiary/aromatic N) is 1. The van der Waals surface area contributed by atoms with Crippen molar-refractivity contribution >= 4 is 11.8 Å². The van der Waals surface area contributed by atoms with E-state index in [0.29, 0.717) is 31.5 Å². The van der Waals surface area contributed by atoms with E-state index in [2.05, 4.69) is 17.0 Å². The predicted molar refractivity (Wildman–Crippen MR) is 101 cm³/mol. The molecule has 0 unspecified atom stereocenters. The molecule has 4 heteroatoms. The Morgan fingerprint density at radius 3 is 2.12 bits per heavy atom. The molecule has 3 rings (SSSR count). The number of hydrogen-bond donors (Lipinski definition) is 0. The highest BCUT2D eigenvalue weighted by molar-refractivity contribution is 6.12. The van der Waals surface area contributed by atoms with Crippen molar-refractivity contribution in [3.05, 3.63) is 71.8 Å². The number of carbonyl (C=O) groups excluding carboxylic acids is 2. The quantitative estimate of drug-likeness (QED) is 0.452. The Hall–Kier alpha value is -2.46. The second kappa shape index (κ2) is 8.28. The fourth-order valence-corrected chi connectivity index (χ4v) is 3.59. The number of ether oxygens (including phenoxy) is 1. The molecule has 1 fully saturated rings. The molecular weight excluding hydrogens is 326 g/mol. The van der Waals surface area contributed by atoms with Gasteiger partial charge < -0.3 is 4.74 Å². The molecule has 0 radical (unpaired) electrons. The van der Waals surface area contributed by atoms with Crippen molar-refractivity contribution < 1.29 is 14.3 Å². The third-order valence-corrected chi connectivity index (χ3v) is 5.10. The average Bonchev–Trinajstić information content (AvgIpc) is 2.70. The molecule has 26 heavy (non-hydrogen) atoms. The maximum absolute atomic E-state index is 13.2. The molecule has 0 atom stereocenters. The normalized spacial score (nSPS) is 16.8. The van der Waals surface area contributed by atoms with Crippen molar-refractivity contribution in [2.24, 2.45) is 5.41 Å². The predicted octanol–water partition coefficient (Wildman–Crippen LogP) is 3.71. The first kappa shape index (κ1) is 18.3. The largest absolute Gasteiger partial charge is 0.465 e. The van der Waals surface area contributed by atoms with Crippen LogP contribution >= 0.6 is 0 Å². The summed E-state index contributed by atoms with van der Waals surface area (Å²) in [6.45, 7) is 4.30. The highest BCUT2D eigenvalue weighted by Gasteiger charge is 2.49. The van der Waals surface area contributed by atoms with Crippen molar-refractivity contribution in [1.29, 1.82) is 0 Å². The number of carbonyl (C=O) groups is 2. The van der Waals surface area contributed by atoms with Crippen molar-refractivity contribution in [1.82, 2.24) is 4.90 Å². The first-order valence-corrected chi connectivity index (χ1v) is 9.19. The number of piperidine rings is 1. The van der Waals surface area contributed by atoms with Gasteiger partial charge in [0.05, 0.1) is 6.61 Å². The van der Waals surface area contributed by atoms with Gasteiger partial charge in [-0.15, -0.1) is 0 Å². The molecule has 1 aliphatic rings. The van der Waals surface area contributed by atoms with Crippen LogP contribution in [0.2, 0.25) is 0 Å². The smallest absolute Gasteiger partial charge is 0.320 e. The van der Waals surface area contributed by atoms with Crippen molar-refractivity contribution in [3.63, 3.8) is 0 Å². The van der Waals surface area contributed by atoms with Gasteiger partial charge in [-0.25, -0.2) is 0 Å². The lowest BCUT2D eigenvalue weighted by molar-refractivity contribution is -0.154. The van der Waals surface area contributed by atoms with Gasteiger partial charge in [0.2, 0.25) is 0 Å². The van der Waals surface area contributed by atoms with Gasteiger partial charge in [-0.1, -0.05) is 60.7 Å².